The van der Waals surface area contributed by atoms with Crippen LogP contribution in [0.3, 0.4) is 0 Å². The number of Topliss-reactive ketones (excluding diaryl/α,β-unsaturated/α-hetero) is 1. The highest BCUT2D eigenvalue weighted by Gasteiger charge is 2.43. The summed E-state index contributed by atoms with van der Waals surface area (Å²) in [5.41, 5.74) is 0.572. The van der Waals surface area contributed by atoms with E-state index in [1.165, 1.54) is 13.8 Å². The predicted octanol–water partition coefficient (Wildman–Crippen LogP) is 3.05. The highest BCUT2D eigenvalue weighted by Crippen LogP contribution is 2.39. The lowest BCUT2D eigenvalue weighted by Gasteiger charge is -2.27. The average molecular weight is 275 g/mol. The third-order valence-corrected chi connectivity index (χ3v) is 3.11. The molecule has 0 fully saturated rings. The predicted molar refractivity (Wildman–Crippen MR) is 66.1 cm³/mol. The first-order chi connectivity index (χ1) is 7.85. The molecule has 0 spiro atoms. The maximum atomic E-state index is 11.4. The molecular formula is C12H12Cl2O3. The van der Waals surface area contributed by atoms with Gasteiger partial charge in [-0.05, 0) is 12.5 Å². The van der Waals surface area contributed by atoms with Crippen molar-refractivity contribution in [1.29, 1.82) is 0 Å². The number of hydrogen-bond donors (Lipinski definition) is 0. The second kappa shape index (κ2) is 5.52. The molecule has 0 aromatic heterocycles. The molecule has 1 aromatic rings. The van der Waals surface area contributed by atoms with Gasteiger partial charge in [0.05, 0.1) is 0 Å². The van der Waals surface area contributed by atoms with Crippen LogP contribution in [-0.2, 0) is 14.3 Å². The lowest BCUT2D eigenvalue weighted by molar-refractivity contribution is -0.148. The van der Waals surface area contributed by atoms with Crippen LogP contribution in [0.2, 0.25) is 0 Å². The summed E-state index contributed by atoms with van der Waals surface area (Å²) >= 11 is 11.9. The van der Waals surface area contributed by atoms with Crippen molar-refractivity contribution in [2.45, 2.75) is 24.3 Å². The highest BCUT2D eigenvalue weighted by molar-refractivity contribution is 6.58. The fourth-order valence-corrected chi connectivity index (χ4v) is 1.67. The van der Waals surface area contributed by atoms with Crippen LogP contribution in [-0.4, -0.2) is 16.1 Å². The van der Waals surface area contributed by atoms with Gasteiger partial charge < -0.3 is 4.74 Å². The fraction of sp³-hybridized carbons (Fsp3) is 0.333. The smallest absolute Gasteiger partial charge is 0.303 e. The van der Waals surface area contributed by atoms with E-state index < -0.39 is 22.2 Å². The van der Waals surface area contributed by atoms with Gasteiger partial charge in [0.2, 0.25) is 4.33 Å². The molecule has 92 valence electrons. The number of benzene rings is 1. The van der Waals surface area contributed by atoms with Gasteiger partial charge in [-0.25, -0.2) is 0 Å². The van der Waals surface area contributed by atoms with E-state index in [9.17, 15) is 9.59 Å². The lowest BCUT2D eigenvalue weighted by Crippen LogP contribution is -2.34. The molecule has 3 nitrogen and oxygen atoms in total. The Bertz CT molecular complexity index is 415. The van der Waals surface area contributed by atoms with Crippen molar-refractivity contribution in [2.75, 3.05) is 0 Å². The van der Waals surface area contributed by atoms with Crippen LogP contribution in [0, 0.1) is 0 Å². The molecule has 1 atom stereocenters. The van der Waals surface area contributed by atoms with Gasteiger partial charge in [0.15, 0.2) is 11.9 Å². The molecule has 0 aliphatic heterocycles. The third kappa shape index (κ3) is 3.45. The number of ether oxygens (including phenoxy) is 1. The molecule has 1 rings (SSSR count). The Kier molecular flexibility index (Phi) is 4.54. The third-order valence-electron chi connectivity index (χ3n) is 2.18. The summed E-state index contributed by atoms with van der Waals surface area (Å²) < 4.78 is 3.25. The maximum absolute atomic E-state index is 11.4. The first kappa shape index (κ1) is 14.0. The van der Waals surface area contributed by atoms with Gasteiger partial charge in [-0.2, -0.15) is 0 Å². The summed E-state index contributed by atoms with van der Waals surface area (Å²) in [5, 5.41) is 0. The Morgan fingerprint density at radius 2 is 1.71 bits per heavy atom. The van der Waals surface area contributed by atoms with Gasteiger partial charge in [0, 0.05) is 6.92 Å². The van der Waals surface area contributed by atoms with E-state index in [1.807, 2.05) is 0 Å². The molecule has 0 heterocycles. The molecule has 0 aliphatic rings. The van der Waals surface area contributed by atoms with Crippen molar-refractivity contribution < 1.29 is 14.3 Å². The molecule has 0 radical (unpaired) electrons. The topological polar surface area (TPSA) is 43.4 Å². The van der Waals surface area contributed by atoms with Gasteiger partial charge in [0.25, 0.3) is 0 Å². The molecule has 0 bridgehead atoms. The first-order valence-electron chi connectivity index (χ1n) is 4.96. The summed E-state index contributed by atoms with van der Waals surface area (Å²) in [4.78, 5) is 22.5. The minimum Gasteiger partial charge on any atom is -0.454 e. The number of ketones is 1. The van der Waals surface area contributed by atoms with Crippen molar-refractivity contribution >= 4 is 35.0 Å². The van der Waals surface area contributed by atoms with Crippen LogP contribution >= 0.6 is 23.2 Å². The van der Waals surface area contributed by atoms with Crippen LogP contribution < -0.4 is 0 Å². The SMILES string of the molecule is CC(=O)OC(c1ccccc1)C(Cl)(Cl)C(C)=O. The lowest BCUT2D eigenvalue weighted by atomic mass is 10.0. The summed E-state index contributed by atoms with van der Waals surface area (Å²) in [7, 11) is 0. The van der Waals surface area contributed by atoms with Gasteiger partial charge in [0.1, 0.15) is 0 Å². The molecule has 0 amide bonds. The van der Waals surface area contributed by atoms with Crippen molar-refractivity contribution in [3.05, 3.63) is 35.9 Å². The molecule has 0 saturated carbocycles. The Morgan fingerprint density at radius 1 is 1.18 bits per heavy atom. The molecule has 5 heteroatoms. The van der Waals surface area contributed by atoms with Crippen LogP contribution in [0.1, 0.15) is 25.5 Å². The van der Waals surface area contributed by atoms with E-state index in [0.29, 0.717) is 5.56 Å². The van der Waals surface area contributed by atoms with E-state index >= 15 is 0 Å². The Morgan fingerprint density at radius 3 is 2.12 bits per heavy atom. The summed E-state index contributed by atoms with van der Waals surface area (Å²) in [6.45, 7) is 2.49. The number of carbonyl (C=O) groups is 2. The number of carbonyl (C=O) groups excluding carboxylic acids is 2. The summed E-state index contributed by atoms with van der Waals surface area (Å²) in [6, 6.07) is 8.67. The zero-order chi connectivity index (χ0) is 13.1. The van der Waals surface area contributed by atoms with Gasteiger partial charge >= 0.3 is 5.97 Å². The van der Waals surface area contributed by atoms with E-state index in [0.717, 1.165) is 0 Å². The van der Waals surface area contributed by atoms with E-state index in [-0.39, 0.29) is 0 Å². The fourth-order valence-electron chi connectivity index (χ4n) is 1.33. The van der Waals surface area contributed by atoms with Crippen LogP contribution in [0.15, 0.2) is 30.3 Å². The maximum Gasteiger partial charge on any atom is 0.303 e. The molecule has 0 N–H and O–H groups in total. The molecule has 17 heavy (non-hydrogen) atoms. The van der Waals surface area contributed by atoms with Gasteiger partial charge in [-0.15, -0.1) is 0 Å². The minimum atomic E-state index is -1.78. The van der Waals surface area contributed by atoms with Crippen molar-refractivity contribution in [1.82, 2.24) is 0 Å². The Hall–Kier alpha value is -1.06. The van der Waals surface area contributed by atoms with Crippen molar-refractivity contribution in [2.24, 2.45) is 0 Å². The second-order valence-corrected chi connectivity index (χ2v) is 4.97. The number of halogens is 2. The van der Waals surface area contributed by atoms with Crippen LogP contribution in [0.4, 0.5) is 0 Å². The summed E-state index contributed by atoms with van der Waals surface area (Å²) in [6.07, 6.45) is -1.01. The minimum absolute atomic E-state index is 0.476. The van der Waals surface area contributed by atoms with E-state index in [1.54, 1.807) is 30.3 Å². The first-order valence-corrected chi connectivity index (χ1v) is 5.72. The van der Waals surface area contributed by atoms with Crippen molar-refractivity contribution in [3.63, 3.8) is 0 Å². The molecule has 1 unspecified atom stereocenters. The highest BCUT2D eigenvalue weighted by atomic mass is 35.5. The number of rotatable bonds is 4. The zero-order valence-electron chi connectivity index (χ0n) is 9.44. The second-order valence-electron chi connectivity index (χ2n) is 3.58. The van der Waals surface area contributed by atoms with Crippen LogP contribution in [0.5, 0.6) is 0 Å². The molecule has 1 aromatic carbocycles. The van der Waals surface area contributed by atoms with Gasteiger partial charge in [-0.1, -0.05) is 53.5 Å². The number of hydrogen-bond acceptors (Lipinski definition) is 3. The zero-order valence-corrected chi connectivity index (χ0v) is 11.0. The average Bonchev–Trinajstić information content (AvgIpc) is 2.26. The van der Waals surface area contributed by atoms with Crippen molar-refractivity contribution in [3.8, 4) is 0 Å². The number of alkyl halides is 2. The Balaban J connectivity index is 3.13. The molecule has 0 saturated heterocycles. The van der Waals surface area contributed by atoms with E-state index in [2.05, 4.69) is 0 Å². The Labute approximate surface area is 110 Å². The summed E-state index contributed by atoms with van der Waals surface area (Å²) in [5.74, 6) is -1.03. The normalized spacial score (nSPS) is 12.9. The quantitative estimate of drug-likeness (QED) is 0.626. The largest absolute Gasteiger partial charge is 0.454 e. The van der Waals surface area contributed by atoms with Crippen LogP contribution in [0.25, 0.3) is 0 Å². The molecule has 0 aliphatic carbocycles. The van der Waals surface area contributed by atoms with Gasteiger partial charge in [-0.3, -0.25) is 9.59 Å². The standard InChI is InChI=1S/C12H12Cl2O3/c1-8(15)12(13,14)11(17-9(2)16)10-6-4-3-5-7-10/h3-7,11H,1-2H3. The number of esters is 1. The molecular weight excluding hydrogens is 263 g/mol. The monoisotopic (exact) mass is 274 g/mol. The van der Waals surface area contributed by atoms with E-state index in [4.69, 9.17) is 27.9 Å².